The van der Waals surface area contributed by atoms with Crippen molar-refractivity contribution in [1.82, 2.24) is 9.97 Å². The summed E-state index contributed by atoms with van der Waals surface area (Å²) in [6.07, 6.45) is 0. The molecule has 4 rings (SSSR count). The third-order valence-electron chi connectivity index (χ3n) is 4.40. The lowest BCUT2D eigenvalue weighted by molar-refractivity contribution is -0.113. The van der Waals surface area contributed by atoms with Crippen LogP contribution in [0.1, 0.15) is 17.3 Å². The molecule has 0 atom stereocenters. The van der Waals surface area contributed by atoms with E-state index in [0.717, 1.165) is 22.9 Å². The van der Waals surface area contributed by atoms with Crippen LogP contribution < -0.4 is 10.9 Å². The smallest absolute Gasteiger partial charge is 0.260 e. The molecule has 0 aliphatic heterocycles. The first-order valence-corrected chi connectivity index (χ1v) is 11.0. The number of ketones is 1. The number of hydrogen-bond donors (Lipinski definition) is 2. The molecule has 0 saturated carbocycles. The van der Waals surface area contributed by atoms with Crippen molar-refractivity contribution >= 4 is 50.7 Å². The fourth-order valence-electron chi connectivity index (χ4n) is 2.97. The molecule has 0 aliphatic carbocycles. The zero-order valence-corrected chi connectivity index (χ0v) is 17.6. The highest BCUT2D eigenvalue weighted by molar-refractivity contribution is 7.99. The summed E-state index contributed by atoms with van der Waals surface area (Å²) in [5.41, 5.74) is 2.67. The Hall–Kier alpha value is -3.23. The Bertz CT molecular complexity index is 1300. The van der Waals surface area contributed by atoms with Crippen LogP contribution >= 0.6 is 23.1 Å². The summed E-state index contributed by atoms with van der Waals surface area (Å²) in [7, 11) is 0. The Kier molecular flexibility index (Phi) is 5.78. The molecule has 30 heavy (non-hydrogen) atoms. The minimum atomic E-state index is -0.250. The van der Waals surface area contributed by atoms with E-state index in [-0.39, 0.29) is 23.0 Å². The lowest BCUT2D eigenvalue weighted by Gasteiger charge is -2.06. The molecule has 2 aromatic carbocycles. The van der Waals surface area contributed by atoms with E-state index in [1.807, 2.05) is 35.7 Å². The quantitative estimate of drug-likeness (QED) is 0.263. The van der Waals surface area contributed by atoms with Crippen LogP contribution in [-0.2, 0) is 4.79 Å². The summed E-state index contributed by atoms with van der Waals surface area (Å²) < 4.78 is 0. The first-order valence-electron chi connectivity index (χ1n) is 9.12. The number of nitrogens with zero attached hydrogens (tertiary/aromatic N) is 1. The molecule has 150 valence electrons. The highest BCUT2D eigenvalue weighted by atomic mass is 32.2. The van der Waals surface area contributed by atoms with Crippen LogP contribution in [0.5, 0.6) is 0 Å². The predicted molar refractivity (Wildman–Crippen MR) is 121 cm³/mol. The van der Waals surface area contributed by atoms with Gasteiger partial charge >= 0.3 is 0 Å². The van der Waals surface area contributed by atoms with Gasteiger partial charge in [-0.25, -0.2) is 4.98 Å². The van der Waals surface area contributed by atoms with Gasteiger partial charge in [-0.1, -0.05) is 54.2 Å². The first-order chi connectivity index (χ1) is 14.5. The van der Waals surface area contributed by atoms with E-state index in [9.17, 15) is 14.4 Å². The predicted octanol–water partition coefficient (Wildman–Crippen LogP) is 4.59. The molecule has 0 fully saturated rings. The van der Waals surface area contributed by atoms with Gasteiger partial charge in [0.15, 0.2) is 10.9 Å². The molecule has 2 N–H and O–H groups in total. The Morgan fingerprint density at radius 1 is 1.13 bits per heavy atom. The molecule has 0 aliphatic rings. The highest BCUT2D eigenvalue weighted by Crippen LogP contribution is 2.31. The number of aromatic nitrogens is 2. The van der Waals surface area contributed by atoms with E-state index in [0.29, 0.717) is 26.6 Å². The normalized spacial score (nSPS) is 10.8. The van der Waals surface area contributed by atoms with E-state index in [1.54, 1.807) is 24.3 Å². The standard InChI is InChI=1S/C22H17N3O3S2/c1-13(26)15-8-5-9-16(10-15)23-18(27)12-30-22-24-20(28)19-17(11-29-21(19)25-22)14-6-3-2-4-7-14/h2-11H,12H2,1H3,(H,23,27)(H,24,25,28). The Morgan fingerprint density at radius 3 is 2.70 bits per heavy atom. The van der Waals surface area contributed by atoms with Crippen molar-refractivity contribution in [2.45, 2.75) is 12.1 Å². The molecule has 0 spiro atoms. The molecule has 0 saturated heterocycles. The molecule has 2 aromatic heterocycles. The molecular formula is C22H17N3O3S2. The first kappa shape index (κ1) is 20.1. The Morgan fingerprint density at radius 2 is 1.93 bits per heavy atom. The van der Waals surface area contributed by atoms with Crippen molar-refractivity contribution in [3.63, 3.8) is 0 Å². The summed E-state index contributed by atoms with van der Waals surface area (Å²) >= 11 is 2.55. The van der Waals surface area contributed by atoms with Gasteiger partial charge in [-0.05, 0) is 24.6 Å². The van der Waals surface area contributed by atoms with Crippen LogP contribution in [0.25, 0.3) is 21.3 Å². The van der Waals surface area contributed by atoms with Crippen molar-refractivity contribution in [3.8, 4) is 11.1 Å². The van der Waals surface area contributed by atoms with Gasteiger partial charge in [0.2, 0.25) is 5.91 Å². The van der Waals surface area contributed by atoms with Gasteiger partial charge in [-0.2, -0.15) is 0 Å². The number of rotatable bonds is 6. The van der Waals surface area contributed by atoms with Crippen LogP contribution in [0.4, 0.5) is 5.69 Å². The van der Waals surface area contributed by atoms with Crippen LogP contribution in [0.3, 0.4) is 0 Å². The van der Waals surface area contributed by atoms with Gasteiger partial charge in [-0.15, -0.1) is 11.3 Å². The number of amides is 1. The van der Waals surface area contributed by atoms with Crippen LogP contribution in [0.2, 0.25) is 0 Å². The largest absolute Gasteiger partial charge is 0.325 e. The lowest BCUT2D eigenvalue weighted by atomic mass is 10.1. The second kappa shape index (κ2) is 8.64. The SMILES string of the molecule is CC(=O)c1cccc(NC(=O)CSc2nc3scc(-c4ccccc4)c3c(=O)[nH]2)c1. The Labute approximate surface area is 180 Å². The van der Waals surface area contributed by atoms with Crippen molar-refractivity contribution < 1.29 is 9.59 Å². The fraction of sp³-hybridized carbons (Fsp3) is 0.0909. The van der Waals surface area contributed by atoms with Gasteiger partial charge in [0.1, 0.15) is 4.83 Å². The van der Waals surface area contributed by atoms with Gasteiger partial charge < -0.3 is 10.3 Å². The van der Waals surface area contributed by atoms with Gasteiger partial charge in [0.25, 0.3) is 5.56 Å². The topological polar surface area (TPSA) is 91.9 Å². The number of carbonyl (C=O) groups excluding carboxylic acids is 2. The molecular weight excluding hydrogens is 418 g/mol. The molecule has 4 aromatic rings. The van der Waals surface area contributed by atoms with E-state index in [4.69, 9.17) is 0 Å². The molecule has 1 amide bonds. The summed E-state index contributed by atoms with van der Waals surface area (Å²) in [6.45, 7) is 1.47. The number of Topliss-reactive ketones (excluding diaryl/α,β-unsaturated/α-hetero) is 1. The minimum absolute atomic E-state index is 0.0682. The van der Waals surface area contributed by atoms with Crippen molar-refractivity contribution in [2.75, 3.05) is 11.1 Å². The summed E-state index contributed by atoms with van der Waals surface area (Å²) in [4.78, 5) is 44.3. The Balaban J connectivity index is 1.48. The molecule has 0 radical (unpaired) electrons. The number of thioether (sulfide) groups is 1. The molecule has 8 heteroatoms. The van der Waals surface area contributed by atoms with E-state index < -0.39 is 0 Å². The maximum Gasteiger partial charge on any atom is 0.260 e. The van der Waals surface area contributed by atoms with E-state index in [2.05, 4.69) is 15.3 Å². The second-order valence-corrected chi connectivity index (χ2v) is 8.36. The average molecular weight is 436 g/mol. The number of carbonyl (C=O) groups is 2. The average Bonchev–Trinajstić information content (AvgIpc) is 3.18. The second-order valence-electron chi connectivity index (χ2n) is 6.54. The minimum Gasteiger partial charge on any atom is -0.325 e. The third-order valence-corrected chi connectivity index (χ3v) is 6.15. The molecule has 6 nitrogen and oxygen atoms in total. The van der Waals surface area contributed by atoms with Crippen LogP contribution in [0.15, 0.2) is 69.9 Å². The number of thiophene rings is 1. The number of H-pyrrole nitrogens is 1. The zero-order valence-electron chi connectivity index (χ0n) is 16.0. The number of hydrogen-bond acceptors (Lipinski definition) is 6. The van der Waals surface area contributed by atoms with Crippen molar-refractivity contribution in [2.24, 2.45) is 0 Å². The van der Waals surface area contributed by atoms with E-state index >= 15 is 0 Å². The third kappa shape index (κ3) is 4.34. The summed E-state index contributed by atoms with van der Waals surface area (Å²) in [6, 6.07) is 16.5. The molecule has 0 unspecified atom stereocenters. The van der Waals surface area contributed by atoms with Crippen molar-refractivity contribution in [3.05, 3.63) is 75.9 Å². The molecule has 2 heterocycles. The maximum atomic E-state index is 12.7. The summed E-state index contributed by atoms with van der Waals surface area (Å²) in [5, 5.41) is 5.62. The lowest BCUT2D eigenvalue weighted by Crippen LogP contribution is -2.15. The highest BCUT2D eigenvalue weighted by Gasteiger charge is 2.14. The van der Waals surface area contributed by atoms with Gasteiger partial charge in [0.05, 0.1) is 11.1 Å². The van der Waals surface area contributed by atoms with E-state index in [1.165, 1.54) is 18.3 Å². The number of fused-ring (bicyclic) bond motifs is 1. The van der Waals surface area contributed by atoms with Crippen molar-refractivity contribution in [1.29, 1.82) is 0 Å². The number of aromatic amines is 1. The summed E-state index contributed by atoms with van der Waals surface area (Å²) in [5.74, 6) is -0.240. The number of benzene rings is 2. The number of anilines is 1. The number of nitrogens with one attached hydrogen (secondary N) is 2. The van der Waals surface area contributed by atoms with Gasteiger partial charge in [0, 0.05) is 22.2 Å². The van der Waals surface area contributed by atoms with Crippen LogP contribution in [0, 0.1) is 0 Å². The molecule has 0 bridgehead atoms. The van der Waals surface area contributed by atoms with Gasteiger partial charge in [-0.3, -0.25) is 14.4 Å². The fourth-order valence-corrected chi connectivity index (χ4v) is 4.64. The monoisotopic (exact) mass is 435 g/mol. The van der Waals surface area contributed by atoms with Crippen LogP contribution in [-0.4, -0.2) is 27.4 Å². The maximum absolute atomic E-state index is 12.7. The zero-order chi connectivity index (χ0) is 21.1.